The Hall–Kier alpha value is -3.36. The second-order valence-electron chi connectivity index (χ2n) is 6.27. The lowest BCUT2D eigenvalue weighted by Gasteiger charge is -2.21. The molecule has 29 heavy (non-hydrogen) atoms. The van der Waals surface area contributed by atoms with Crippen LogP contribution in [0.15, 0.2) is 75.2 Å². The molecule has 0 radical (unpaired) electrons. The van der Waals surface area contributed by atoms with Crippen molar-refractivity contribution in [1.29, 1.82) is 0 Å². The molecule has 0 saturated carbocycles. The lowest BCUT2D eigenvalue weighted by Crippen LogP contribution is -2.30. The second-order valence-corrected chi connectivity index (χ2v) is 7.72. The van der Waals surface area contributed by atoms with Crippen LogP contribution in [0.25, 0.3) is 10.2 Å². The molecule has 0 fully saturated rings. The second kappa shape index (κ2) is 6.61. The SMILES string of the molecule is O=C(C1=C(O)C(=O)N(c2nc3ccc(Cl)cc3s2)[C@H]1c1ccco1)c1ccco1. The van der Waals surface area contributed by atoms with Crippen molar-refractivity contribution < 1.29 is 23.5 Å². The molecule has 4 heterocycles. The fourth-order valence-electron chi connectivity index (χ4n) is 3.28. The average Bonchev–Trinajstić information content (AvgIpc) is 3.49. The van der Waals surface area contributed by atoms with Gasteiger partial charge in [0.1, 0.15) is 11.8 Å². The zero-order chi connectivity index (χ0) is 20.1. The first-order valence-corrected chi connectivity index (χ1v) is 9.68. The minimum atomic E-state index is -0.980. The maximum atomic E-state index is 13.0. The third kappa shape index (κ3) is 2.76. The zero-order valence-electron chi connectivity index (χ0n) is 14.5. The Morgan fingerprint density at radius 2 is 1.97 bits per heavy atom. The normalized spacial score (nSPS) is 16.9. The molecule has 1 atom stereocenters. The van der Waals surface area contributed by atoms with Crippen LogP contribution >= 0.6 is 22.9 Å². The molecule has 9 heteroatoms. The molecule has 0 saturated heterocycles. The highest BCUT2D eigenvalue weighted by Crippen LogP contribution is 2.44. The number of benzene rings is 1. The predicted octanol–water partition coefficient (Wildman–Crippen LogP) is 4.92. The van der Waals surface area contributed by atoms with Crippen LogP contribution in [-0.4, -0.2) is 21.8 Å². The van der Waals surface area contributed by atoms with E-state index in [1.165, 1.54) is 34.8 Å². The molecule has 1 aliphatic heterocycles. The van der Waals surface area contributed by atoms with Crippen molar-refractivity contribution in [3.8, 4) is 0 Å². The summed E-state index contributed by atoms with van der Waals surface area (Å²) in [6.45, 7) is 0. The number of Topliss-reactive ketones (excluding diaryl/α,β-unsaturated/α-hetero) is 1. The number of aliphatic hydroxyl groups excluding tert-OH is 1. The van der Waals surface area contributed by atoms with Gasteiger partial charge in [0.25, 0.3) is 5.91 Å². The number of nitrogens with zero attached hydrogens (tertiary/aromatic N) is 2. The number of hydrogen-bond donors (Lipinski definition) is 1. The smallest absolute Gasteiger partial charge is 0.296 e. The molecular formula is C20H11ClN2O5S. The summed E-state index contributed by atoms with van der Waals surface area (Å²) in [6.07, 6.45) is 2.78. The van der Waals surface area contributed by atoms with Crippen molar-refractivity contribution in [2.24, 2.45) is 0 Å². The fourth-order valence-corrected chi connectivity index (χ4v) is 4.55. The molecule has 7 nitrogen and oxygen atoms in total. The van der Waals surface area contributed by atoms with Gasteiger partial charge in [0.05, 0.1) is 28.3 Å². The summed E-state index contributed by atoms with van der Waals surface area (Å²) in [5, 5.41) is 11.4. The molecule has 0 aliphatic carbocycles. The van der Waals surface area contributed by atoms with Gasteiger partial charge in [-0.1, -0.05) is 22.9 Å². The van der Waals surface area contributed by atoms with Crippen LogP contribution in [-0.2, 0) is 4.79 Å². The van der Waals surface area contributed by atoms with E-state index in [1.807, 2.05) is 0 Å². The van der Waals surface area contributed by atoms with E-state index in [4.69, 9.17) is 20.4 Å². The van der Waals surface area contributed by atoms with E-state index in [9.17, 15) is 14.7 Å². The van der Waals surface area contributed by atoms with E-state index in [2.05, 4.69) is 4.98 Å². The van der Waals surface area contributed by atoms with E-state index < -0.39 is 23.5 Å². The van der Waals surface area contributed by atoms with Crippen molar-refractivity contribution in [2.75, 3.05) is 4.90 Å². The average molecular weight is 427 g/mol. The van der Waals surface area contributed by atoms with Gasteiger partial charge in [-0.05, 0) is 42.5 Å². The number of amides is 1. The maximum absolute atomic E-state index is 13.0. The molecule has 0 spiro atoms. The van der Waals surface area contributed by atoms with Gasteiger partial charge in [0.2, 0.25) is 5.78 Å². The molecule has 144 valence electrons. The number of carbonyl (C=O) groups excluding carboxylic acids is 2. The van der Waals surface area contributed by atoms with Crippen molar-refractivity contribution in [3.05, 3.63) is 82.9 Å². The van der Waals surface area contributed by atoms with Gasteiger partial charge in [0.15, 0.2) is 16.7 Å². The van der Waals surface area contributed by atoms with E-state index >= 15 is 0 Å². The van der Waals surface area contributed by atoms with Crippen LogP contribution in [0.3, 0.4) is 0 Å². The summed E-state index contributed by atoms with van der Waals surface area (Å²) in [4.78, 5) is 31.7. The zero-order valence-corrected chi connectivity index (χ0v) is 16.1. The minimum Gasteiger partial charge on any atom is -0.503 e. The number of furan rings is 2. The van der Waals surface area contributed by atoms with Crippen molar-refractivity contribution in [1.82, 2.24) is 4.98 Å². The molecule has 1 N–H and O–H groups in total. The number of anilines is 1. The first kappa shape index (κ1) is 17.7. The number of hydrogen-bond acceptors (Lipinski definition) is 7. The van der Waals surface area contributed by atoms with E-state index in [1.54, 1.807) is 36.4 Å². The van der Waals surface area contributed by atoms with Gasteiger partial charge >= 0.3 is 0 Å². The number of fused-ring (bicyclic) bond motifs is 1. The summed E-state index contributed by atoms with van der Waals surface area (Å²) in [7, 11) is 0. The Bertz CT molecular complexity index is 1270. The number of halogens is 1. The topological polar surface area (TPSA) is 96.8 Å². The lowest BCUT2D eigenvalue weighted by atomic mass is 10.00. The number of aromatic nitrogens is 1. The van der Waals surface area contributed by atoms with Gasteiger partial charge in [-0.2, -0.15) is 0 Å². The van der Waals surface area contributed by atoms with Gasteiger partial charge in [-0.25, -0.2) is 4.98 Å². The fraction of sp³-hybridized carbons (Fsp3) is 0.0500. The molecule has 0 bridgehead atoms. The highest BCUT2D eigenvalue weighted by Gasteiger charge is 2.47. The Morgan fingerprint density at radius 3 is 2.69 bits per heavy atom. The van der Waals surface area contributed by atoms with E-state index in [0.29, 0.717) is 21.4 Å². The predicted molar refractivity (Wildman–Crippen MR) is 106 cm³/mol. The van der Waals surface area contributed by atoms with Crippen LogP contribution < -0.4 is 4.90 Å². The van der Waals surface area contributed by atoms with Crippen LogP contribution in [0.2, 0.25) is 5.02 Å². The highest BCUT2D eigenvalue weighted by atomic mass is 35.5. The van der Waals surface area contributed by atoms with Crippen molar-refractivity contribution >= 4 is 50.0 Å². The molecule has 5 rings (SSSR count). The van der Waals surface area contributed by atoms with Crippen LogP contribution in [0.5, 0.6) is 0 Å². The largest absolute Gasteiger partial charge is 0.503 e. The van der Waals surface area contributed by atoms with E-state index in [0.717, 1.165) is 4.70 Å². The molecule has 4 aromatic rings. The summed E-state index contributed by atoms with van der Waals surface area (Å²) < 4.78 is 11.4. The first-order chi connectivity index (χ1) is 14.0. The number of ketones is 1. The lowest BCUT2D eigenvalue weighted by molar-refractivity contribution is -0.117. The molecule has 3 aromatic heterocycles. The maximum Gasteiger partial charge on any atom is 0.296 e. The summed E-state index contributed by atoms with van der Waals surface area (Å²) >= 11 is 7.27. The third-order valence-electron chi connectivity index (χ3n) is 4.56. The summed E-state index contributed by atoms with van der Waals surface area (Å²) in [5.74, 6) is -1.69. The van der Waals surface area contributed by atoms with Gasteiger partial charge in [-0.15, -0.1) is 0 Å². The van der Waals surface area contributed by atoms with Crippen molar-refractivity contribution in [3.63, 3.8) is 0 Å². The molecule has 1 aliphatic rings. The Balaban J connectivity index is 1.67. The van der Waals surface area contributed by atoms with Crippen molar-refractivity contribution in [2.45, 2.75) is 6.04 Å². The van der Waals surface area contributed by atoms with E-state index in [-0.39, 0.29) is 11.3 Å². The molecule has 0 unspecified atom stereocenters. The van der Waals surface area contributed by atoms with Gasteiger partial charge < -0.3 is 13.9 Å². The number of rotatable bonds is 4. The quantitative estimate of drug-likeness (QED) is 0.465. The number of carbonyl (C=O) groups is 2. The van der Waals surface area contributed by atoms with Gasteiger partial charge in [-0.3, -0.25) is 14.5 Å². The van der Waals surface area contributed by atoms with Crippen LogP contribution in [0.1, 0.15) is 22.4 Å². The van der Waals surface area contributed by atoms with Crippen LogP contribution in [0.4, 0.5) is 5.13 Å². The standard InChI is InChI=1S/C20H11ClN2O5S/c21-10-5-6-11-14(9-10)29-20(22-11)23-16(12-3-1-7-27-12)15(18(25)19(23)26)17(24)13-4-2-8-28-13/h1-9,16,25H/t16-/m0/s1. The Kier molecular flexibility index (Phi) is 4.04. The Labute approximate surface area is 172 Å². The third-order valence-corrected chi connectivity index (χ3v) is 5.81. The highest BCUT2D eigenvalue weighted by molar-refractivity contribution is 7.22. The monoisotopic (exact) mass is 426 g/mol. The number of aliphatic hydroxyl groups is 1. The van der Waals surface area contributed by atoms with Crippen LogP contribution in [0, 0.1) is 0 Å². The first-order valence-electron chi connectivity index (χ1n) is 8.49. The minimum absolute atomic E-state index is 0.00818. The Morgan fingerprint density at radius 1 is 1.17 bits per heavy atom. The number of thiazole rings is 1. The molecule has 1 aromatic carbocycles. The molecule has 1 amide bonds. The summed E-state index contributed by atoms with van der Waals surface area (Å²) in [5.41, 5.74) is 0.517. The molecular weight excluding hydrogens is 416 g/mol. The summed E-state index contributed by atoms with van der Waals surface area (Å²) in [6, 6.07) is 10.5. The van der Waals surface area contributed by atoms with Gasteiger partial charge in [0, 0.05) is 5.02 Å².